The molecule has 1 unspecified atom stereocenters. The van der Waals surface area contributed by atoms with Gasteiger partial charge in [0.15, 0.2) is 0 Å². The van der Waals surface area contributed by atoms with Crippen LogP contribution >= 0.6 is 0 Å². The third-order valence-electron chi connectivity index (χ3n) is 11.7. The summed E-state index contributed by atoms with van der Waals surface area (Å²) in [4.78, 5) is 0. The first-order chi connectivity index (χ1) is 13.6. The summed E-state index contributed by atoms with van der Waals surface area (Å²) in [5, 5.41) is 10.8. The maximum Gasteiger partial charge on any atom is 0.0642 e. The molecule has 9 atom stereocenters. The maximum atomic E-state index is 10.8. The lowest BCUT2D eigenvalue weighted by atomic mass is 9.44. The van der Waals surface area contributed by atoms with Gasteiger partial charge in [-0.3, -0.25) is 0 Å². The lowest BCUT2D eigenvalue weighted by molar-refractivity contribution is -0.115. The number of fused-ring (bicyclic) bond motifs is 5. The highest BCUT2D eigenvalue weighted by atomic mass is 16.3. The van der Waals surface area contributed by atoms with Gasteiger partial charge in [0.25, 0.3) is 0 Å². The number of hydrogen-bond donors (Lipinski definition) is 1. The quantitative estimate of drug-likeness (QED) is 0.496. The van der Waals surface area contributed by atoms with E-state index in [9.17, 15) is 5.11 Å². The summed E-state index contributed by atoms with van der Waals surface area (Å²) in [6.07, 6.45) is 17.2. The third-order valence-corrected chi connectivity index (χ3v) is 11.7. The molecule has 0 heterocycles. The lowest BCUT2D eigenvalue weighted by Crippen LogP contribution is -2.53. The minimum absolute atomic E-state index is 0.350. The van der Waals surface area contributed by atoms with Crippen molar-refractivity contribution in [2.45, 2.75) is 124 Å². The van der Waals surface area contributed by atoms with Gasteiger partial charge >= 0.3 is 0 Å². The van der Waals surface area contributed by atoms with Crippen LogP contribution in [0.2, 0.25) is 0 Å². The van der Waals surface area contributed by atoms with E-state index < -0.39 is 5.60 Å². The summed E-state index contributed by atoms with van der Waals surface area (Å²) in [7, 11) is 0. The Labute approximate surface area is 181 Å². The fourth-order valence-electron chi connectivity index (χ4n) is 9.28. The molecule has 0 aromatic rings. The van der Waals surface area contributed by atoms with Crippen molar-refractivity contribution >= 4 is 0 Å². The minimum Gasteiger partial charge on any atom is -0.390 e. The molecule has 1 nitrogen and oxygen atoms in total. The molecule has 0 aliphatic heterocycles. The second-order valence-electron chi connectivity index (χ2n) is 13.2. The van der Waals surface area contributed by atoms with Crippen LogP contribution in [0, 0.1) is 52.3 Å². The van der Waals surface area contributed by atoms with E-state index in [1.54, 1.807) is 0 Å². The predicted octanol–water partition coefficient (Wildman–Crippen LogP) is 7.86. The molecule has 4 aliphatic rings. The van der Waals surface area contributed by atoms with Crippen LogP contribution in [-0.2, 0) is 0 Å². The van der Waals surface area contributed by atoms with E-state index in [1.807, 2.05) is 0 Å². The van der Waals surface area contributed by atoms with E-state index in [0.29, 0.717) is 16.7 Å². The van der Waals surface area contributed by atoms with Crippen molar-refractivity contribution in [3.63, 3.8) is 0 Å². The van der Waals surface area contributed by atoms with Gasteiger partial charge in [-0.15, -0.1) is 0 Å². The molecular weight excluding hydrogens is 352 g/mol. The van der Waals surface area contributed by atoms with Crippen LogP contribution in [0.1, 0.15) is 119 Å². The van der Waals surface area contributed by atoms with Gasteiger partial charge in [-0.1, -0.05) is 47.5 Å². The second kappa shape index (κ2) is 7.83. The molecule has 0 aromatic heterocycles. The molecule has 4 saturated carbocycles. The average Bonchev–Trinajstić information content (AvgIpc) is 3.03. The summed E-state index contributed by atoms with van der Waals surface area (Å²) in [5.74, 6) is 6.06. The Morgan fingerprint density at radius 3 is 2.31 bits per heavy atom. The van der Waals surface area contributed by atoms with Crippen LogP contribution in [0.5, 0.6) is 0 Å². The Bertz CT molecular complexity index is 579. The van der Waals surface area contributed by atoms with E-state index in [-0.39, 0.29) is 0 Å². The van der Waals surface area contributed by atoms with Crippen molar-refractivity contribution in [2.75, 3.05) is 0 Å². The summed E-state index contributed by atoms with van der Waals surface area (Å²) in [6, 6.07) is 0. The normalized spacial score (nSPS) is 47.8. The molecule has 4 fully saturated rings. The fourth-order valence-corrected chi connectivity index (χ4v) is 9.28. The van der Waals surface area contributed by atoms with Gasteiger partial charge < -0.3 is 5.11 Å². The van der Waals surface area contributed by atoms with Crippen molar-refractivity contribution in [1.29, 1.82) is 0 Å². The Kier molecular flexibility index (Phi) is 5.98. The van der Waals surface area contributed by atoms with Crippen LogP contribution in [0.15, 0.2) is 0 Å². The van der Waals surface area contributed by atoms with Gasteiger partial charge in [0.05, 0.1) is 5.60 Å². The SMILES string of the molecule is CC(C)[C@@](C)(O)CC[C@@H](C)[C@H]1CC[C@H]2[C@@H]3CCC4CCCC[C@]4(C)[C@H]3CC[C@]12C. The van der Waals surface area contributed by atoms with Crippen molar-refractivity contribution in [1.82, 2.24) is 0 Å². The van der Waals surface area contributed by atoms with Gasteiger partial charge in [0, 0.05) is 0 Å². The summed E-state index contributed by atoms with van der Waals surface area (Å²) in [6.45, 7) is 14.3. The van der Waals surface area contributed by atoms with Gasteiger partial charge in [0.2, 0.25) is 0 Å². The molecule has 4 aliphatic carbocycles. The topological polar surface area (TPSA) is 20.2 Å². The van der Waals surface area contributed by atoms with E-state index in [1.165, 1.54) is 70.6 Å². The van der Waals surface area contributed by atoms with Gasteiger partial charge in [-0.25, -0.2) is 0 Å². The molecule has 4 rings (SSSR count). The summed E-state index contributed by atoms with van der Waals surface area (Å²) >= 11 is 0. The van der Waals surface area contributed by atoms with E-state index in [0.717, 1.165) is 41.9 Å². The molecule has 0 saturated heterocycles. The lowest BCUT2D eigenvalue weighted by Gasteiger charge is -2.61. The monoisotopic (exact) mass is 402 g/mol. The van der Waals surface area contributed by atoms with Crippen molar-refractivity contribution in [3.05, 3.63) is 0 Å². The Morgan fingerprint density at radius 2 is 1.59 bits per heavy atom. The second-order valence-corrected chi connectivity index (χ2v) is 13.2. The zero-order valence-corrected chi connectivity index (χ0v) is 20.5. The largest absolute Gasteiger partial charge is 0.390 e. The molecule has 0 aromatic carbocycles. The van der Waals surface area contributed by atoms with Gasteiger partial charge in [-0.05, 0) is 123 Å². The molecule has 0 bridgehead atoms. The first kappa shape index (κ1) is 22.2. The molecule has 1 N–H and O–H groups in total. The zero-order chi connectivity index (χ0) is 21.0. The van der Waals surface area contributed by atoms with Gasteiger partial charge in [0.1, 0.15) is 0 Å². The van der Waals surface area contributed by atoms with Gasteiger partial charge in [-0.2, -0.15) is 0 Å². The van der Waals surface area contributed by atoms with Crippen LogP contribution in [0.4, 0.5) is 0 Å². The smallest absolute Gasteiger partial charge is 0.0642 e. The highest BCUT2D eigenvalue weighted by molar-refractivity contribution is 5.09. The molecule has 0 spiro atoms. The Hall–Kier alpha value is -0.0400. The predicted molar refractivity (Wildman–Crippen MR) is 124 cm³/mol. The summed E-state index contributed by atoms with van der Waals surface area (Å²) in [5.41, 5.74) is 0.739. The Balaban J connectivity index is 1.46. The molecule has 29 heavy (non-hydrogen) atoms. The first-order valence-corrected chi connectivity index (χ1v) is 13.3. The molecular formula is C28H50O. The number of hydrogen-bond acceptors (Lipinski definition) is 1. The Morgan fingerprint density at radius 1 is 0.862 bits per heavy atom. The zero-order valence-electron chi connectivity index (χ0n) is 20.5. The highest BCUT2D eigenvalue weighted by Crippen LogP contribution is 2.68. The summed E-state index contributed by atoms with van der Waals surface area (Å²) < 4.78 is 0. The highest BCUT2D eigenvalue weighted by Gasteiger charge is 2.60. The molecule has 0 radical (unpaired) electrons. The number of aliphatic hydroxyl groups is 1. The standard InChI is InChI=1S/C28H50O/c1-19(2)28(6,29)18-14-20(3)23-12-13-24-22-11-10-21-9-7-8-16-26(21,4)25(22)15-17-27(23,24)5/h19-25,29H,7-18H2,1-6H3/t20-,21?,22+,23-,24+,25+,26+,27-,28+/m1/s1. The van der Waals surface area contributed by atoms with Crippen LogP contribution in [-0.4, -0.2) is 10.7 Å². The molecule has 168 valence electrons. The first-order valence-electron chi connectivity index (χ1n) is 13.3. The van der Waals surface area contributed by atoms with Crippen molar-refractivity contribution in [3.8, 4) is 0 Å². The average molecular weight is 403 g/mol. The van der Waals surface area contributed by atoms with Crippen LogP contribution in [0.3, 0.4) is 0 Å². The minimum atomic E-state index is -0.501. The van der Waals surface area contributed by atoms with Crippen molar-refractivity contribution < 1.29 is 5.11 Å². The van der Waals surface area contributed by atoms with E-state index >= 15 is 0 Å². The van der Waals surface area contributed by atoms with E-state index in [2.05, 4.69) is 41.5 Å². The van der Waals surface area contributed by atoms with E-state index in [4.69, 9.17) is 0 Å². The van der Waals surface area contributed by atoms with Crippen LogP contribution in [0.25, 0.3) is 0 Å². The number of rotatable bonds is 5. The van der Waals surface area contributed by atoms with Crippen LogP contribution < -0.4 is 0 Å². The molecule has 0 amide bonds. The fraction of sp³-hybridized carbons (Fsp3) is 1.00. The maximum absolute atomic E-state index is 10.8. The van der Waals surface area contributed by atoms with Crippen molar-refractivity contribution in [2.24, 2.45) is 52.3 Å². The molecule has 1 heteroatoms. The third kappa shape index (κ3) is 3.64.